The standard InChI is InChI=1S/C33H65NO6S/c1-4-6-8-10-11-12-13-14-15-16-17-18-19-20-21-23-25-34(33(39)41,27(3)24-22-9-7-5-2)32-31(38)30(37)29(36)28(26-35)40-32/h27-32,35-38H,4-26H2,1-3H3/t27?,28-,29-,30+,31-,32?,34?/m1/s1. The Kier molecular flexibility index (Phi) is 21.8. The van der Waals surface area contributed by atoms with Crippen LogP contribution in [0.15, 0.2) is 0 Å². The maximum Gasteiger partial charge on any atom is 0.227 e. The summed E-state index contributed by atoms with van der Waals surface area (Å²) < 4.78 is 5.70. The topological polar surface area (TPSA) is 113 Å². The number of ether oxygens (including phenoxy) is 1. The second-order valence-electron chi connectivity index (χ2n) is 12.6. The molecule has 1 heterocycles. The second kappa shape index (κ2) is 23.1. The van der Waals surface area contributed by atoms with Gasteiger partial charge in [-0.2, -0.15) is 0 Å². The second-order valence-corrected chi connectivity index (χ2v) is 13.0. The fourth-order valence-corrected chi connectivity index (χ4v) is 6.83. The first-order valence-electron chi connectivity index (χ1n) is 17.2. The first-order valence-corrected chi connectivity index (χ1v) is 17.6. The van der Waals surface area contributed by atoms with Crippen molar-refractivity contribution in [3.05, 3.63) is 0 Å². The Bertz CT molecular complexity index is 653. The van der Waals surface area contributed by atoms with Crippen LogP contribution in [0, 0.1) is 0 Å². The summed E-state index contributed by atoms with van der Waals surface area (Å²) in [4.78, 5) is 0. The van der Waals surface area contributed by atoms with E-state index >= 15 is 0 Å². The zero-order chi connectivity index (χ0) is 30.5. The van der Waals surface area contributed by atoms with Crippen LogP contribution in [0.4, 0.5) is 0 Å². The monoisotopic (exact) mass is 603 g/mol. The summed E-state index contributed by atoms with van der Waals surface area (Å²) in [7, 11) is 0. The highest BCUT2D eigenvalue weighted by Gasteiger charge is 2.55. The Hall–Kier alpha value is -0.350. The number of unbranched alkanes of at least 4 members (excludes halogenated alkanes) is 18. The van der Waals surface area contributed by atoms with Crippen LogP contribution >= 0.6 is 12.2 Å². The van der Waals surface area contributed by atoms with Gasteiger partial charge in [-0.1, -0.05) is 123 Å². The molecule has 1 fully saturated rings. The smallest absolute Gasteiger partial charge is 0.227 e. The molecule has 0 spiro atoms. The minimum absolute atomic E-state index is 0.213. The van der Waals surface area contributed by atoms with E-state index < -0.39 is 42.4 Å². The summed E-state index contributed by atoms with van der Waals surface area (Å²) in [5, 5.41) is 54.3. The van der Waals surface area contributed by atoms with Crippen molar-refractivity contribution in [1.82, 2.24) is 0 Å². The van der Waals surface area contributed by atoms with Crippen LogP contribution in [0.1, 0.15) is 156 Å². The van der Waals surface area contributed by atoms with Gasteiger partial charge in [-0.05, 0) is 44.8 Å². The fraction of sp³-hybridized carbons (Fsp3) is 0.970. The predicted molar refractivity (Wildman–Crippen MR) is 169 cm³/mol. The molecule has 0 aromatic carbocycles. The van der Waals surface area contributed by atoms with Crippen LogP contribution in [-0.2, 0) is 4.74 Å². The van der Waals surface area contributed by atoms with Gasteiger partial charge >= 0.3 is 0 Å². The molecule has 3 unspecified atom stereocenters. The van der Waals surface area contributed by atoms with E-state index in [1.807, 2.05) is 6.92 Å². The van der Waals surface area contributed by atoms with Crippen molar-refractivity contribution >= 4 is 17.4 Å². The van der Waals surface area contributed by atoms with Crippen molar-refractivity contribution in [2.24, 2.45) is 0 Å². The van der Waals surface area contributed by atoms with Gasteiger partial charge in [-0.3, -0.25) is 4.48 Å². The number of thiocarbonyl (C=S) groups is 1. The van der Waals surface area contributed by atoms with E-state index in [1.165, 1.54) is 83.5 Å². The van der Waals surface area contributed by atoms with Crippen LogP contribution in [-0.4, -0.2) is 79.9 Å². The van der Waals surface area contributed by atoms with E-state index in [0.717, 1.165) is 51.4 Å². The molecule has 0 aliphatic carbocycles. The first kappa shape index (κ1) is 38.7. The molecular weight excluding hydrogens is 538 g/mol. The number of hydrogen-bond acceptors (Lipinski definition) is 7. The number of rotatable bonds is 25. The van der Waals surface area contributed by atoms with Gasteiger partial charge in [0, 0.05) is 0 Å². The lowest BCUT2D eigenvalue weighted by atomic mass is 9.94. The SMILES string of the molecule is CCCCCCCCCCCCCCCCCC[N+](C([O-])=S)(C(C)CCCCCC)C1O[C@H](CO)[C@@H](O)[C@H](O)[C@H]1O. The Morgan fingerprint density at radius 1 is 0.683 bits per heavy atom. The Balaban J connectivity index is 2.56. The number of aliphatic hydroxyl groups excluding tert-OH is 4. The van der Waals surface area contributed by atoms with Crippen molar-refractivity contribution in [1.29, 1.82) is 0 Å². The molecule has 0 amide bonds. The van der Waals surface area contributed by atoms with E-state index in [9.17, 15) is 25.5 Å². The Morgan fingerprint density at radius 3 is 1.51 bits per heavy atom. The molecule has 0 bridgehead atoms. The molecular formula is C33H65NO6S. The van der Waals surface area contributed by atoms with E-state index in [-0.39, 0.29) is 10.5 Å². The van der Waals surface area contributed by atoms with E-state index in [2.05, 4.69) is 13.8 Å². The minimum Gasteiger partial charge on any atom is -0.822 e. The van der Waals surface area contributed by atoms with E-state index in [4.69, 9.17) is 17.0 Å². The van der Waals surface area contributed by atoms with Gasteiger partial charge < -0.3 is 30.3 Å². The summed E-state index contributed by atoms with van der Waals surface area (Å²) in [6.45, 7) is 6.29. The van der Waals surface area contributed by atoms with Gasteiger partial charge in [0.1, 0.15) is 23.5 Å². The zero-order valence-electron chi connectivity index (χ0n) is 26.7. The average Bonchev–Trinajstić information content (AvgIpc) is 2.96. The van der Waals surface area contributed by atoms with Gasteiger partial charge in [-0.15, -0.1) is 0 Å². The maximum atomic E-state index is 13.2. The Labute approximate surface area is 257 Å². The molecule has 7 atom stereocenters. The molecule has 1 rings (SSSR count). The molecule has 0 aromatic rings. The van der Waals surface area contributed by atoms with Crippen LogP contribution < -0.4 is 5.11 Å². The van der Waals surface area contributed by atoms with Crippen LogP contribution in [0.5, 0.6) is 0 Å². The van der Waals surface area contributed by atoms with Crippen molar-refractivity contribution in [2.75, 3.05) is 13.2 Å². The molecule has 41 heavy (non-hydrogen) atoms. The minimum atomic E-state index is -1.52. The number of nitrogens with zero attached hydrogens (tertiary/aromatic N) is 1. The Morgan fingerprint density at radius 2 is 1.10 bits per heavy atom. The van der Waals surface area contributed by atoms with E-state index in [1.54, 1.807) is 0 Å². The van der Waals surface area contributed by atoms with Gasteiger partial charge in [0.15, 0.2) is 6.10 Å². The number of aliphatic hydroxyl groups is 4. The molecule has 0 radical (unpaired) electrons. The maximum absolute atomic E-state index is 13.2. The lowest BCUT2D eigenvalue weighted by Gasteiger charge is -2.54. The summed E-state index contributed by atoms with van der Waals surface area (Å²) in [6.07, 6.45) is 18.5. The molecule has 1 saturated heterocycles. The van der Waals surface area contributed by atoms with Crippen LogP contribution in [0.25, 0.3) is 0 Å². The highest BCUT2D eigenvalue weighted by atomic mass is 32.1. The molecule has 1 aliphatic heterocycles. The summed E-state index contributed by atoms with van der Waals surface area (Å²) >= 11 is 5.31. The molecule has 0 aromatic heterocycles. The molecule has 8 heteroatoms. The van der Waals surface area contributed by atoms with Gasteiger partial charge in [0.2, 0.25) is 6.23 Å². The highest BCUT2D eigenvalue weighted by Crippen LogP contribution is 2.34. The average molecular weight is 604 g/mol. The largest absolute Gasteiger partial charge is 0.822 e. The molecule has 0 saturated carbocycles. The third-order valence-electron chi connectivity index (χ3n) is 9.30. The molecule has 4 N–H and O–H groups in total. The summed E-state index contributed by atoms with van der Waals surface area (Å²) in [5.41, 5.74) is 0. The third kappa shape index (κ3) is 13.4. The van der Waals surface area contributed by atoms with Crippen LogP contribution in [0.2, 0.25) is 0 Å². The number of quaternary nitrogens is 1. The highest BCUT2D eigenvalue weighted by molar-refractivity contribution is 7.79. The molecule has 244 valence electrons. The van der Waals surface area contributed by atoms with Crippen LogP contribution in [0.3, 0.4) is 0 Å². The third-order valence-corrected chi connectivity index (χ3v) is 9.64. The predicted octanol–water partition coefficient (Wildman–Crippen LogP) is 5.87. The number of hydrogen-bond donors (Lipinski definition) is 4. The van der Waals surface area contributed by atoms with Gasteiger partial charge in [0.25, 0.3) is 0 Å². The first-order chi connectivity index (χ1) is 19.8. The van der Waals surface area contributed by atoms with Crippen molar-refractivity contribution in [2.45, 2.75) is 192 Å². The lowest BCUT2D eigenvalue weighted by molar-refractivity contribution is -0.939. The van der Waals surface area contributed by atoms with Gasteiger partial charge in [-0.25, -0.2) is 0 Å². The summed E-state index contributed by atoms with van der Waals surface area (Å²) in [5.74, 6) is 0. The molecule has 1 aliphatic rings. The summed E-state index contributed by atoms with van der Waals surface area (Å²) in [6, 6.07) is -0.213. The van der Waals surface area contributed by atoms with Gasteiger partial charge in [0.05, 0.1) is 19.2 Å². The lowest BCUT2D eigenvalue weighted by Crippen LogP contribution is -2.75. The molecule has 7 nitrogen and oxygen atoms in total. The van der Waals surface area contributed by atoms with Crippen molar-refractivity contribution in [3.63, 3.8) is 0 Å². The normalized spacial score (nSPS) is 25.2. The van der Waals surface area contributed by atoms with Crippen molar-refractivity contribution in [3.8, 4) is 0 Å². The zero-order valence-corrected chi connectivity index (χ0v) is 27.5. The fourth-order valence-electron chi connectivity index (χ4n) is 6.45. The van der Waals surface area contributed by atoms with E-state index in [0.29, 0.717) is 6.54 Å². The van der Waals surface area contributed by atoms with Crippen molar-refractivity contribution < 1.29 is 34.8 Å². The quantitative estimate of drug-likeness (QED) is 0.0587.